The van der Waals surface area contributed by atoms with Gasteiger partial charge in [-0.2, -0.15) is 0 Å². The highest BCUT2D eigenvalue weighted by Crippen LogP contribution is 2.56. The molecule has 2 heteroatoms. The first-order valence-corrected chi connectivity index (χ1v) is 20.0. The Bertz CT molecular complexity index is 1720. The molecule has 1 aliphatic heterocycles. The number of nitrogens with zero attached hydrogens (tertiary/aromatic N) is 2. The van der Waals surface area contributed by atoms with Gasteiger partial charge in [-0.25, -0.2) is 0 Å². The third kappa shape index (κ3) is 7.15. The molecule has 50 heavy (non-hydrogen) atoms. The lowest BCUT2D eigenvalue weighted by Crippen LogP contribution is -2.35. The van der Waals surface area contributed by atoms with Crippen LogP contribution in [0.1, 0.15) is 104 Å². The highest BCUT2D eigenvalue weighted by atomic mass is 14.9. The molecule has 0 aromatic rings. The molecule has 1 heterocycles. The van der Waals surface area contributed by atoms with E-state index in [2.05, 4.69) is 113 Å². The first kappa shape index (κ1) is 34.9. The topological polar surface area (TPSA) is 24.7 Å². The van der Waals surface area contributed by atoms with Crippen molar-refractivity contribution in [3.8, 4) is 0 Å². The highest BCUT2D eigenvalue weighted by Gasteiger charge is 2.46. The van der Waals surface area contributed by atoms with Crippen LogP contribution in [0.4, 0.5) is 0 Å². The molecule has 262 valence electrons. The van der Waals surface area contributed by atoms with Crippen molar-refractivity contribution in [2.45, 2.75) is 110 Å². The summed E-state index contributed by atoms with van der Waals surface area (Å²) in [7, 11) is 2.00. The van der Waals surface area contributed by atoms with Crippen LogP contribution < -0.4 is 0 Å². The van der Waals surface area contributed by atoms with Gasteiger partial charge < -0.3 is 0 Å². The number of hydrogen-bond donors (Lipinski definition) is 0. The number of fused-ring (bicyclic) bond motifs is 2. The minimum Gasteiger partial charge on any atom is -0.291 e. The largest absolute Gasteiger partial charge is 0.291 e. The third-order valence-electron chi connectivity index (χ3n) is 13.0. The van der Waals surface area contributed by atoms with E-state index in [-0.39, 0.29) is 5.54 Å². The van der Waals surface area contributed by atoms with Gasteiger partial charge in [-0.3, -0.25) is 9.98 Å². The molecule has 7 atom stereocenters. The summed E-state index contributed by atoms with van der Waals surface area (Å²) in [4.78, 5) is 10.5. The van der Waals surface area contributed by atoms with Gasteiger partial charge in [-0.15, -0.1) is 6.58 Å². The van der Waals surface area contributed by atoms with E-state index >= 15 is 0 Å². The Balaban J connectivity index is 1.36. The fourth-order valence-corrected chi connectivity index (χ4v) is 10.7. The van der Waals surface area contributed by atoms with E-state index in [1.165, 1.54) is 79.2 Å². The second-order valence-electron chi connectivity index (χ2n) is 16.4. The van der Waals surface area contributed by atoms with E-state index in [0.29, 0.717) is 35.5 Å². The maximum atomic E-state index is 5.36. The molecule has 0 bridgehead atoms. The van der Waals surface area contributed by atoms with Crippen LogP contribution in [0.5, 0.6) is 0 Å². The minimum atomic E-state index is -0.106. The Hall–Kier alpha value is -3.52. The minimum absolute atomic E-state index is 0.106. The Morgan fingerprint density at radius 2 is 1.88 bits per heavy atom. The van der Waals surface area contributed by atoms with Crippen LogP contribution in [0.2, 0.25) is 0 Å². The smallest absolute Gasteiger partial charge is 0.0654 e. The molecule has 0 spiro atoms. The molecule has 6 aliphatic carbocycles. The average Bonchev–Trinajstić information content (AvgIpc) is 3.50. The van der Waals surface area contributed by atoms with Crippen molar-refractivity contribution in [1.29, 1.82) is 0 Å². The number of rotatable bonds is 8. The molecule has 1 fully saturated rings. The fraction of sp³-hybridized carbons (Fsp3) is 0.500. The Kier molecular flexibility index (Phi) is 10.7. The van der Waals surface area contributed by atoms with Gasteiger partial charge in [0.15, 0.2) is 0 Å². The maximum absolute atomic E-state index is 5.36. The zero-order valence-electron chi connectivity index (χ0n) is 31.3. The van der Waals surface area contributed by atoms with Crippen LogP contribution in [0.15, 0.2) is 140 Å². The second-order valence-corrected chi connectivity index (χ2v) is 16.4. The molecular weight excluding hydrogens is 605 g/mol. The van der Waals surface area contributed by atoms with Crippen LogP contribution in [0, 0.1) is 35.5 Å². The van der Waals surface area contributed by atoms with Gasteiger partial charge in [-0.05, 0) is 149 Å². The van der Waals surface area contributed by atoms with Crippen LogP contribution in [0.3, 0.4) is 0 Å². The van der Waals surface area contributed by atoms with Gasteiger partial charge in [0, 0.05) is 30.7 Å². The standard InChI is InChI=1S/C48H60N2/c1-6-41-39(28-40-27-36-22-16-17-25-43(36)42(7-2)46(40)41)29-44(33(3)30-48(4)31-37-23-14-15-24-38(37)32-50-48)47(35-20-12-9-13-21-35)45(49-5)26-34-18-10-8-11-19-34/h7-8,10-12,14,17-18,20,23,25-26,29,32,37-38,40-42,46H,2,6,9,13,15-16,19,21-22,24,27-28,30-31H2,1,3-5H3/b34-26-,39-29+,44-33-,47-35+,49-45?. The van der Waals surface area contributed by atoms with Crippen molar-refractivity contribution in [2.24, 2.45) is 45.5 Å². The van der Waals surface area contributed by atoms with Crippen LogP contribution in [-0.2, 0) is 0 Å². The molecule has 2 nitrogen and oxygen atoms in total. The fourth-order valence-electron chi connectivity index (χ4n) is 10.7. The van der Waals surface area contributed by atoms with Gasteiger partial charge in [0.05, 0.1) is 11.3 Å². The number of hydrogen-bond acceptors (Lipinski definition) is 2. The van der Waals surface area contributed by atoms with E-state index in [0.717, 1.165) is 37.8 Å². The summed E-state index contributed by atoms with van der Waals surface area (Å²) in [6.07, 6.45) is 48.1. The molecule has 0 radical (unpaired) electrons. The van der Waals surface area contributed by atoms with Crippen molar-refractivity contribution in [3.63, 3.8) is 0 Å². The van der Waals surface area contributed by atoms with Crippen LogP contribution in [-0.4, -0.2) is 24.5 Å². The lowest BCUT2D eigenvalue weighted by atomic mass is 9.65. The van der Waals surface area contributed by atoms with E-state index in [4.69, 9.17) is 9.98 Å². The molecule has 0 saturated heterocycles. The molecule has 0 amide bonds. The van der Waals surface area contributed by atoms with E-state index < -0.39 is 0 Å². The molecular formula is C48H60N2. The summed E-state index contributed by atoms with van der Waals surface area (Å²) in [5.41, 5.74) is 13.0. The normalized spacial score (nSPS) is 36.4. The van der Waals surface area contributed by atoms with Crippen LogP contribution in [0.25, 0.3) is 0 Å². The summed E-state index contributed by atoms with van der Waals surface area (Å²) in [6, 6.07) is 0. The molecule has 0 aromatic carbocycles. The molecule has 0 N–H and O–H groups in total. The molecule has 7 rings (SSSR count). The van der Waals surface area contributed by atoms with Crippen molar-refractivity contribution >= 4 is 11.9 Å². The lowest BCUT2D eigenvalue weighted by molar-refractivity contribution is 0.244. The predicted molar refractivity (Wildman–Crippen MR) is 216 cm³/mol. The predicted octanol–water partition coefficient (Wildman–Crippen LogP) is 12.5. The first-order valence-electron chi connectivity index (χ1n) is 20.0. The third-order valence-corrected chi connectivity index (χ3v) is 13.0. The van der Waals surface area contributed by atoms with Crippen molar-refractivity contribution in [2.75, 3.05) is 7.05 Å². The van der Waals surface area contributed by atoms with E-state index in [1.54, 1.807) is 16.7 Å². The van der Waals surface area contributed by atoms with E-state index in [9.17, 15) is 0 Å². The van der Waals surface area contributed by atoms with Crippen molar-refractivity contribution < 1.29 is 0 Å². The monoisotopic (exact) mass is 664 g/mol. The Morgan fingerprint density at radius 3 is 2.64 bits per heavy atom. The molecule has 1 saturated carbocycles. The zero-order valence-corrected chi connectivity index (χ0v) is 31.3. The molecule has 7 unspecified atom stereocenters. The summed E-state index contributed by atoms with van der Waals surface area (Å²) in [5.74, 6) is 3.56. The number of aliphatic imine (C=N–C) groups is 2. The van der Waals surface area contributed by atoms with Gasteiger partial charge in [-0.1, -0.05) is 96.6 Å². The second kappa shape index (κ2) is 15.4. The van der Waals surface area contributed by atoms with Gasteiger partial charge >= 0.3 is 0 Å². The Morgan fingerprint density at radius 1 is 1.00 bits per heavy atom. The Labute approximate surface area is 303 Å². The maximum Gasteiger partial charge on any atom is 0.0654 e. The van der Waals surface area contributed by atoms with Gasteiger partial charge in [0.1, 0.15) is 0 Å². The van der Waals surface area contributed by atoms with Crippen molar-refractivity contribution in [1.82, 2.24) is 0 Å². The zero-order chi connectivity index (χ0) is 34.7. The summed E-state index contributed by atoms with van der Waals surface area (Å²) < 4.78 is 0. The lowest BCUT2D eigenvalue weighted by Gasteiger charge is -2.39. The molecule has 0 aromatic heterocycles. The average molecular weight is 665 g/mol. The summed E-state index contributed by atoms with van der Waals surface area (Å²) in [6.45, 7) is 11.7. The SMILES string of the molecule is C=CC1C2=C(CCC=C2)CC2C\C(=C/C(=C(\C)CC3(C)CC4C=CCCC4C=N3)C(/C(/C=C3/C=CC=CC3)=NC)=C3/C=CCCC3)C(CC)C21. The van der Waals surface area contributed by atoms with E-state index in [1.807, 2.05) is 7.05 Å². The highest BCUT2D eigenvalue weighted by molar-refractivity contribution is 6.13. The summed E-state index contributed by atoms with van der Waals surface area (Å²) in [5, 5.41) is 0. The number of allylic oxidation sites excluding steroid dienone is 20. The summed E-state index contributed by atoms with van der Waals surface area (Å²) >= 11 is 0. The van der Waals surface area contributed by atoms with Gasteiger partial charge in [0.25, 0.3) is 0 Å². The van der Waals surface area contributed by atoms with Gasteiger partial charge in [0.2, 0.25) is 0 Å². The molecule has 7 aliphatic rings. The first-order chi connectivity index (χ1) is 24.4. The quantitative estimate of drug-likeness (QED) is 0.182. The van der Waals surface area contributed by atoms with Crippen LogP contribution >= 0.6 is 0 Å². The van der Waals surface area contributed by atoms with Crippen molar-refractivity contribution in [3.05, 3.63) is 130 Å².